The van der Waals surface area contributed by atoms with Crippen molar-refractivity contribution in [1.82, 2.24) is 0 Å². The normalized spacial score (nSPS) is 10.1. The molecule has 2 aromatic rings. The standard InChI is InChI=1S/C17H18O3/c1-2-19-16-10-6-7-14(13-16)11-12-17(18)20-15-8-4-3-5-9-15/h3-10,13H,2,11-12H2,1H3. The number of hydrogen-bond acceptors (Lipinski definition) is 3. The topological polar surface area (TPSA) is 35.5 Å². The maximum absolute atomic E-state index is 11.7. The van der Waals surface area contributed by atoms with Gasteiger partial charge in [-0.25, -0.2) is 0 Å². The number of para-hydroxylation sites is 1. The quantitative estimate of drug-likeness (QED) is 0.594. The molecule has 3 heteroatoms. The van der Waals surface area contributed by atoms with Crippen LogP contribution in [0.5, 0.6) is 11.5 Å². The molecule has 3 nitrogen and oxygen atoms in total. The number of carbonyl (C=O) groups is 1. The van der Waals surface area contributed by atoms with E-state index in [1.165, 1.54) is 0 Å². The number of esters is 1. The van der Waals surface area contributed by atoms with E-state index in [2.05, 4.69) is 0 Å². The van der Waals surface area contributed by atoms with E-state index in [0.29, 0.717) is 25.2 Å². The average Bonchev–Trinajstić information content (AvgIpc) is 2.47. The van der Waals surface area contributed by atoms with E-state index in [1.54, 1.807) is 12.1 Å². The van der Waals surface area contributed by atoms with Gasteiger partial charge in [-0.1, -0.05) is 30.3 Å². The Bertz CT molecular complexity index is 549. The predicted molar refractivity (Wildman–Crippen MR) is 78.0 cm³/mol. The average molecular weight is 270 g/mol. The first-order valence-electron chi connectivity index (χ1n) is 6.75. The zero-order valence-corrected chi connectivity index (χ0v) is 11.5. The second-order valence-electron chi connectivity index (χ2n) is 4.37. The summed E-state index contributed by atoms with van der Waals surface area (Å²) in [5.74, 6) is 1.19. The van der Waals surface area contributed by atoms with Crippen LogP contribution in [-0.4, -0.2) is 12.6 Å². The highest BCUT2D eigenvalue weighted by atomic mass is 16.5. The molecule has 0 aliphatic rings. The maximum Gasteiger partial charge on any atom is 0.311 e. The Labute approximate surface area is 119 Å². The van der Waals surface area contributed by atoms with Crippen molar-refractivity contribution in [3.05, 3.63) is 60.2 Å². The molecule has 104 valence electrons. The van der Waals surface area contributed by atoms with E-state index in [4.69, 9.17) is 9.47 Å². The highest BCUT2D eigenvalue weighted by Crippen LogP contribution is 2.15. The lowest BCUT2D eigenvalue weighted by Gasteiger charge is -2.06. The summed E-state index contributed by atoms with van der Waals surface area (Å²) in [7, 11) is 0. The Morgan fingerprint density at radius 1 is 1.00 bits per heavy atom. The Balaban J connectivity index is 1.85. The van der Waals surface area contributed by atoms with Gasteiger partial charge in [-0.3, -0.25) is 4.79 Å². The third kappa shape index (κ3) is 4.43. The van der Waals surface area contributed by atoms with Gasteiger partial charge >= 0.3 is 5.97 Å². The van der Waals surface area contributed by atoms with Gasteiger partial charge in [0.2, 0.25) is 0 Å². The molecular weight excluding hydrogens is 252 g/mol. The van der Waals surface area contributed by atoms with E-state index in [1.807, 2.05) is 49.4 Å². The van der Waals surface area contributed by atoms with Crippen LogP contribution in [0.4, 0.5) is 0 Å². The van der Waals surface area contributed by atoms with Crippen molar-refractivity contribution in [2.75, 3.05) is 6.61 Å². The van der Waals surface area contributed by atoms with E-state index in [9.17, 15) is 4.79 Å². The van der Waals surface area contributed by atoms with Gasteiger partial charge in [-0.05, 0) is 43.2 Å². The fourth-order valence-corrected chi connectivity index (χ4v) is 1.87. The van der Waals surface area contributed by atoms with Crippen LogP contribution in [0, 0.1) is 0 Å². The van der Waals surface area contributed by atoms with Crippen LogP contribution < -0.4 is 9.47 Å². The van der Waals surface area contributed by atoms with E-state index in [0.717, 1.165) is 11.3 Å². The number of benzene rings is 2. The van der Waals surface area contributed by atoms with Crippen LogP contribution in [0.25, 0.3) is 0 Å². The lowest BCUT2D eigenvalue weighted by atomic mass is 10.1. The molecule has 0 spiro atoms. The van der Waals surface area contributed by atoms with Crippen molar-refractivity contribution in [2.45, 2.75) is 19.8 Å². The van der Waals surface area contributed by atoms with Gasteiger partial charge in [0.1, 0.15) is 11.5 Å². The van der Waals surface area contributed by atoms with Crippen LogP contribution in [0.15, 0.2) is 54.6 Å². The van der Waals surface area contributed by atoms with E-state index < -0.39 is 0 Å². The molecule has 0 radical (unpaired) electrons. The molecule has 0 atom stereocenters. The summed E-state index contributed by atoms with van der Waals surface area (Å²) in [4.78, 5) is 11.7. The summed E-state index contributed by atoms with van der Waals surface area (Å²) >= 11 is 0. The van der Waals surface area contributed by atoms with Gasteiger partial charge in [0.25, 0.3) is 0 Å². The summed E-state index contributed by atoms with van der Waals surface area (Å²) in [6.45, 7) is 2.59. The number of aryl methyl sites for hydroxylation is 1. The molecule has 0 aromatic heterocycles. The first-order valence-corrected chi connectivity index (χ1v) is 6.75. The van der Waals surface area contributed by atoms with Gasteiger partial charge in [0.05, 0.1) is 6.61 Å². The third-order valence-corrected chi connectivity index (χ3v) is 2.80. The molecule has 2 rings (SSSR count). The van der Waals surface area contributed by atoms with Crippen LogP contribution >= 0.6 is 0 Å². The molecule has 0 N–H and O–H groups in total. The fourth-order valence-electron chi connectivity index (χ4n) is 1.87. The zero-order chi connectivity index (χ0) is 14.2. The Morgan fingerprint density at radius 3 is 2.50 bits per heavy atom. The lowest BCUT2D eigenvalue weighted by Crippen LogP contribution is -2.08. The minimum atomic E-state index is -0.224. The van der Waals surface area contributed by atoms with Gasteiger partial charge in [0, 0.05) is 6.42 Å². The van der Waals surface area contributed by atoms with Crippen molar-refractivity contribution in [3.8, 4) is 11.5 Å². The van der Waals surface area contributed by atoms with Crippen LogP contribution in [-0.2, 0) is 11.2 Å². The summed E-state index contributed by atoms with van der Waals surface area (Å²) in [5, 5.41) is 0. The Hall–Kier alpha value is -2.29. The van der Waals surface area contributed by atoms with Crippen molar-refractivity contribution in [2.24, 2.45) is 0 Å². The molecule has 0 fully saturated rings. The van der Waals surface area contributed by atoms with Crippen LogP contribution in [0.1, 0.15) is 18.9 Å². The van der Waals surface area contributed by atoms with Gasteiger partial charge in [-0.2, -0.15) is 0 Å². The van der Waals surface area contributed by atoms with Gasteiger partial charge < -0.3 is 9.47 Å². The van der Waals surface area contributed by atoms with Crippen molar-refractivity contribution in [1.29, 1.82) is 0 Å². The second kappa shape index (κ2) is 7.34. The first kappa shape index (κ1) is 14.1. The molecule has 20 heavy (non-hydrogen) atoms. The minimum absolute atomic E-state index is 0.224. The molecule has 0 aliphatic carbocycles. The molecule has 0 saturated carbocycles. The van der Waals surface area contributed by atoms with E-state index in [-0.39, 0.29) is 5.97 Å². The number of rotatable bonds is 6. The third-order valence-electron chi connectivity index (χ3n) is 2.80. The molecule has 0 bridgehead atoms. The fraction of sp³-hybridized carbons (Fsp3) is 0.235. The maximum atomic E-state index is 11.7. The molecule has 0 amide bonds. The van der Waals surface area contributed by atoms with Crippen LogP contribution in [0.2, 0.25) is 0 Å². The first-order chi connectivity index (χ1) is 9.78. The summed E-state index contributed by atoms with van der Waals surface area (Å²) < 4.78 is 10.7. The molecule has 0 unspecified atom stereocenters. The minimum Gasteiger partial charge on any atom is -0.494 e. The smallest absolute Gasteiger partial charge is 0.311 e. The molecular formula is C17H18O3. The van der Waals surface area contributed by atoms with Crippen LogP contribution in [0.3, 0.4) is 0 Å². The number of ether oxygens (including phenoxy) is 2. The zero-order valence-electron chi connectivity index (χ0n) is 11.5. The Morgan fingerprint density at radius 2 is 1.75 bits per heavy atom. The number of hydrogen-bond donors (Lipinski definition) is 0. The monoisotopic (exact) mass is 270 g/mol. The summed E-state index contributed by atoms with van der Waals surface area (Å²) in [6.07, 6.45) is 0.997. The highest BCUT2D eigenvalue weighted by Gasteiger charge is 2.05. The number of carbonyl (C=O) groups excluding carboxylic acids is 1. The molecule has 0 saturated heterocycles. The molecule has 0 heterocycles. The van der Waals surface area contributed by atoms with E-state index >= 15 is 0 Å². The molecule has 2 aromatic carbocycles. The van der Waals surface area contributed by atoms with Crippen molar-refractivity contribution in [3.63, 3.8) is 0 Å². The molecule has 0 aliphatic heterocycles. The Kier molecular flexibility index (Phi) is 5.18. The van der Waals surface area contributed by atoms with Gasteiger partial charge in [0.15, 0.2) is 0 Å². The highest BCUT2D eigenvalue weighted by molar-refractivity contribution is 5.72. The lowest BCUT2D eigenvalue weighted by molar-refractivity contribution is -0.134. The van der Waals surface area contributed by atoms with Crippen molar-refractivity contribution >= 4 is 5.97 Å². The van der Waals surface area contributed by atoms with Crippen molar-refractivity contribution < 1.29 is 14.3 Å². The van der Waals surface area contributed by atoms with Gasteiger partial charge in [-0.15, -0.1) is 0 Å². The predicted octanol–water partition coefficient (Wildman–Crippen LogP) is 3.62. The summed E-state index contributed by atoms with van der Waals surface area (Å²) in [5.41, 5.74) is 1.07. The summed E-state index contributed by atoms with van der Waals surface area (Å²) in [6, 6.07) is 16.9. The second-order valence-corrected chi connectivity index (χ2v) is 4.37. The SMILES string of the molecule is CCOc1cccc(CCC(=O)Oc2ccccc2)c1. The largest absolute Gasteiger partial charge is 0.494 e.